The van der Waals surface area contributed by atoms with Crippen molar-refractivity contribution in [3.63, 3.8) is 0 Å². The smallest absolute Gasteiger partial charge is 0.386 e. The van der Waals surface area contributed by atoms with Gasteiger partial charge < -0.3 is 34.5 Å². The minimum atomic E-state index is -5.89. The fourth-order valence-corrected chi connectivity index (χ4v) is 6.08. The summed E-state index contributed by atoms with van der Waals surface area (Å²) in [6.45, 7) is -0.522. The van der Waals surface area contributed by atoms with Gasteiger partial charge in [0.2, 0.25) is 5.82 Å². The number of phosphoric ester groups is 1. The van der Waals surface area contributed by atoms with Crippen LogP contribution in [0.2, 0.25) is 0 Å². The number of aromatic nitrogens is 2. The highest BCUT2D eigenvalue weighted by atomic mass is 31.3. The minimum Gasteiger partial charge on any atom is -0.386 e. The Labute approximate surface area is 192 Å². The van der Waals surface area contributed by atoms with E-state index in [0.717, 1.165) is 6.92 Å². The molecule has 0 saturated carbocycles. The van der Waals surface area contributed by atoms with Gasteiger partial charge in [-0.1, -0.05) is 11.8 Å². The second kappa shape index (κ2) is 10.4. The van der Waals surface area contributed by atoms with Crippen LogP contribution in [0.1, 0.15) is 13.2 Å². The quantitative estimate of drug-likeness (QED) is 0.136. The number of phosphoric acid groups is 3. The number of hydrogen-bond acceptors (Lipinski definition) is 11. The fraction of sp³-hybridized carbons (Fsp3) is 0.538. The molecule has 7 atom stereocenters. The van der Waals surface area contributed by atoms with Crippen molar-refractivity contribution in [2.45, 2.75) is 37.1 Å². The van der Waals surface area contributed by atoms with E-state index in [0.29, 0.717) is 0 Å². The normalized spacial score (nSPS) is 29.0. The molecule has 1 aromatic heterocycles. The van der Waals surface area contributed by atoms with E-state index in [-0.39, 0.29) is 10.8 Å². The van der Waals surface area contributed by atoms with Crippen LogP contribution in [0, 0.1) is 17.7 Å². The number of alkyl halides is 1. The Bertz CT molecular complexity index is 1280. The first-order valence-electron chi connectivity index (χ1n) is 8.77. The molecular weight excluding hydrogens is 555 g/mol. The highest BCUT2D eigenvalue weighted by Gasteiger charge is 2.58. The molecule has 0 aliphatic carbocycles. The van der Waals surface area contributed by atoms with Gasteiger partial charge >= 0.3 is 29.2 Å². The Morgan fingerprint density at radius 3 is 2.37 bits per heavy atom. The van der Waals surface area contributed by atoms with Gasteiger partial charge in [0, 0.05) is 0 Å². The lowest BCUT2D eigenvalue weighted by molar-refractivity contribution is -0.0873. The van der Waals surface area contributed by atoms with Crippen LogP contribution in [0.4, 0.5) is 8.78 Å². The third kappa shape index (κ3) is 7.21. The number of H-pyrrole nitrogens is 1. The van der Waals surface area contributed by atoms with Crippen LogP contribution in [0.15, 0.2) is 15.8 Å². The number of hydrogen-bond donors (Lipinski definition) is 7. The molecule has 7 N–H and O–H groups in total. The molecule has 22 heteroatoms. The Kier molecular flexibility index (Phi) is 8.80. The zero-order chi connectivity index (χ0) is 27.0. The summed E-state index contributed by atoms with van der Waals surface area (Å²) in [4.78, 5) is 60.8. The molecule has 1 aromatic rings. The molecule has 198 valence electrons. The highest BCUT2D eigenvalue weighted by Crippen LogP contribution is 2.66. The summed E-state index contributed by atoms with van der Waals surface area (Å²) in [5.41, 5.74) is -5.75. The molecular formula is C13H17F2N2O15P3. The second-order valence-electron chi connectivity index (χ2n) is 6.70. The molecule has 35 heavy (non-hydrogen) atoms. The van der Waals surface area contributed by atoms with Gasteiger partial charge in [0.15, 0.2) is 11.8 Å². The van der Waals surface area contributed by atoms with E-state index in [9.17, 15) is 52.1 Å². The number of nitrogens with zero attached hydrogens (tertiary/aromatic N) is 1. The number of aliphatic hydroxyl groups excluding tert-OH is 1. The van der Waals surface area contributed by atoms with Gasteiger partial charge in [0.05, 0.1) is 12.3 Å². The molecule has 1 fully saturated rings. The van der Waals surface area contributed by atoms with Crippen molar-refractivity contribution in [1.82, 2.24) is 9.55 Å². The number of nitrogens with one attached hydrogen (secondary N) is 1. The molecule has 0 spiro atoms. The van der Waals surface area contributed by atoms with E-state index in [1.165, 1.54) is 4.98 Å². The van der Waals surface area contributed by atoms with Crippen LogP contribution in [0.25, 0.3) is 0 Å². The number of ether oxygens (including phenoxy) is 1. The predicted octanol–water partition coefficient (Wildman–Crippen LogP) is -1.63. The van der Waals surface area contributed by atoms with Crippen LogP contribution >= 0.6 is 23.5 Å². The summed E-state index contributed by atoms with van der Waals surface area (Å²) in [5, 5.41) is 21.4. The maximum absolute atomic E-state index is 13.7. The molecule has 0 radical (unpaired) electrons. The molecule has 1 aliphatic heterocycles. The van der Waals surface area contributed by atoms with Gasteiger partial charge in [-0.15, -0.1) is 0 Å². The molecule has 2 rings (SSSR count). The van der Waals surface area contributed by atoms with Gasteiger partial charge in [-0.3, -0.25) is 18.9 Å². The van der Waals surface area contributed by atoms with Gasteiger partial charge in [-0.2, -0.15) is 13.0 Å². The van der Waals surface area contributed by atoms with Gasteiger partial charge in [-0.05, 0) is 6.92 Å². The van der Waals surface area contributed by atoms with Crippen molar-refractivity contribution in [1.29, 1.82) is 0 Å². The third-order valence-corrected chi connectivity index (χ3v) is 8.06. The van der Waals surface area contributed by atoms with Crippen molar-refractivity contribution in [2.24, 2.45) is 0 Å². The van der Waals surface area contributed by atoms with Crippen LogP contribution in [0.3, 0.4) is 0 Å². The largest absolute Gasteiger partial charge is 0.490 e. The third-order valence-electron chi connectivity index (χ3n) is 4.14. The lowest BCUT2D eigenvalue weighted by Gasteiger charge is -2.27. The summed E-state index contributed by atoms with van der Waals surface area (Å²) in [5.74, 6) is 2.05. The summed E-state index contributed by atoms with van der Waals surface area (Å²) >= 11 is 0. The predicted molar refractivity (Wildman–Crippen MR) is 104 cm³/mol. The number of rotatable bonds is 8. The topological polar surface area (TPSA) is 264 Å². The van der Waals surface area contributed by atoms with Crippen molar-refractivity contribution >= 4 is 23.5 Å². The van der Waals surface area contributed by atoms with Crippen molar-refractivity contribution in [3.8, 4) is 11.8 Å². The van der Waals surface area contributed by atoms with Crippen molar-refractivity contribution in [3.05, 3.63) is 32.9 Å². The molecule has 0 aromatic carbocycles. The van der Waals surface area contributed by atoms with Crippen LogP contribution in [-0.4, -0.2) is 69.9 Å². The maximum Gasteiger partial charge on any atom is 0.490 e. The average Bonchev–Trinajstić information content (AvgIpc) is 2.91. The summed E-state index contributed by atoms with van der Waals surface area (Å²) in [7, 11) is -17.3. The number of aromatic amines is 1. The molecule has 3 unspecified atom stereocenters. The zero-order valence-electron chi connectivity index (χ0n) is 17.0. The van der Waals surface area contributed by atoms with Gasteiger partial charge in [0.1, 0.15) is 18.9 Å². The number of halogens is 2. The first-order chi connectivity index (χ1) is 15.8. The molecule has 1 saturated heterocycles. The summed E-state index contributed by atoms with van der Waals surface area (Å²) < 4.78 is 77.5. The highest BCUT2D eigenvalue weighted by molar-refractivity contribution is 7.66. The first-order valence-corrected chi connectivity index (χ1v) is 13.3. The average molecular weight is 572 g/mol. The molecule has 17 nitrogen and oxygen atoms in total. The van der Waals surface area contributed by atoms with Crippen molar-refractivity contribution < 1.29 is 70.1 Å². The Hall–Kier alpha value is -1.61. The molecule has 2 heterocycles. The minimum absolute atomic E-state index is 0.227. The van der Waals surface area contributed by atoms with E-state index < -0.39 is 77.3 Å². The molecule has 0 amide bonds. The van der Waals surface area contributed by atoms with E-state index in [4.69, 9.17) is 14.5 Å². The Morgan fingerprint density at radius 2 is 1.83 bits per heavy atom. The molecule has 0 bridgehead atoms. The van der Waals surface area contributed by atoms with Crippen LogP contribution in [-0.2, 0) is 31.6 Å². The summed E-state index contributed by atoms with van der Waals surface area (Å²) in [6.07, 6.45) is -8.13. The Morgan fingerprint density at radius 1 is 1.23 bits per heavy atom. The van der Waals surface area contributed by atoms with Gasteiger partial charge in [0.25, 0.3) is 5.56 Å². The van der Waals surface area contributed by atoms with Crippen LogP contribution in [0.5, 0.6) is 0 Å². The SMILES string of the molecule is C[C@H](OP(=O)(O)OP(=O)(O)OP(=O)(O)O)[C@H]1O[C@@H](n2cc(F)c(=O)[nH]c2=O)C(O)(C#CCF)[C@H]1O. The lowest BCUT2D eigenvalue weighted by Crippen LogP contribution is -2.49. The fourth-order valence-electron chi connectivity index (χ4n) is 2.88. The zero-order valence-corrected chi connectivity index (χ0v) is 19.7. The van der Waals surface area contributed by atoms with E-state index in [2.05, 4.69) is 13.1 Å². The lowest BCUT2D eigenvalue weighted by atomic mass is 9.92. The number of aliphatic hydroxyl groups is 2. The first kappa shape index (κ1) is 29.6. The standard InChI is InChI=1S/C13H17F2N2O15P3/c1-6(30-34(25,26)32-35(27,28)31-33(22,23)24)8-9(18)13(21,3-2-4-14)11(29-8)17-5-7(15)10(19)16-12(17)20/h5-6,8-9,11,18,21H,4H2,1H3,(H,25,26)(H,27,28)(H,16,19,20)(H2,22,23,24)/t6-,8+,9-,11+,13?/m0/s1. The van der Waals surface area contributed by atoms with Gasteiger partial charge in [-0.25, -0.2) is 22.9 Å². The maximum atomic E-state index is 13.7. The van der Waals surface area contributed by atoms with E-state index >= 15 is 0 Å². The van der Waals surface area contributed by atoms with E-state index in [1.807, 2.05) is 5.92 Å². The Balaban J connectivity index is 2.39. The van der Waals surface area contributed by atoms with Crippen molar-refractivity contribution in [2.75, 3.05) is 6.67 Å². The summed E-state index contributed by atoms with van der Waals surface area (Å²) in [6, 6.07) is 0. The monoisotopic (exact) mass is 572 g/mol. The van der Waals surface area contributed by atoms with Crippen LogP contribution < -0.4 is 11.2 Å². The second-order valence-corrected chi connectivity index (χ2v) is 11.1. The molecule has 1 aliphatic rings. The van der Waals surface area contributed by atoms with E-state index in [1.54, 1.807) is 5.92 Å².